The van der Waals surface area contributed by atoms with Gasteiger partial charge in [-0.25, -0.2) is 4.79 Å². The standard InChI is InChI=1S/C22H31F3N4O2/c23-22(24,25)18-3-4-20(28-7-1-2-8-28)19(15-18)26-21(30)29-9-5-17(6-10-29)16-27-11-13-31-14-12-27/h3-4,15,17H,1-2,5-14,16H2,(H,26,30). The zero-order valence-corrected chi connectivity index (χ0v) is 17.8. The second-order valence-electron chi connectivity index (χ2n) is 8.70. The van der Waals surface area contributed by atoms with Crippen LogP contribution in [0.2, 0.25) is 0 Å². The van der Waals surface area contributed by atoms with Gasteiger partial charge in [-0.15, -0.1) is 0 Å². The van der Waals surface area contributed by atoms with Gasteiger partial charge in [0.1, 0.15) is 0 Å². The van der Waals surface area contributed by atoms with Crippen molar-refractivity contribution in [2.75, 3.05) is 69.2 Å². The molecule has 6 nitrogen and oxygen atoms in total. The molecule has 3 fully saturated rings. The van der Waals surface area contributed by atoms with Crippen molar-refractivity contribution in [3.8, 4) is 0 Å². The number of ether oxygens (including phenoxy) is 1. The normalized spacial score (nSPS) is 21.5. The Morgan fingerprint density at radius 1 is 1.03 bits per heavy atom. The second-order valence-corrected chi connectivity index (χ2v) is 8.70. The molecular weight excluding hydrogens is 409 g/mol. The number of anilines is 2. The number of likely N-dealkylation sites (tertiary alicyclic amines) is 1. The molecule has 1 N–H and O–H groups in total. The largest absolute Gasteiger partial charge is 0.416 e. The molecule has 0 radical (unpaired) electrons. The van der Waals surface area contributed by atoms with Gasteiger partial charge in [0.05, 0.1) is 30.2 Å². The first kappa shape index (κ1) is 22.2. The Labute approximate surface area is 181 Å². The van der Waals surface area contributed by atoms with Crippen molar-refractivity contribution in [2.45, 2.75) is 31.9 Å². The lowest BCUT2D eigenvalue weighted by Crippen LogP contribution is -2.45. The maximum Gasteiger partial charge on any atom is 0.416 e. The number of morpholine rings is 1. The molecule has 31 heavy (non-hydrogen) atoms. The van der Waals surface area contributed by atoms with Crippen LogP contribution in [0.5, 0.6) is 0 Å². The third-order valence-electron chi connectivity index (χ3n) is 6.53. The number of amides is 2. The molecule has 3 heterocycles. The number of piperidine rings is 1. The predicted molar refractivity (Wildman–Crippen MR) is 113 cm³/mol. The summed E-state index contributed by atoms with van der Waals surface area (Å²) in [4.78, 5) is 19.1. The summed E-state index contributed by atoms with van der Waals surface area (Å²) in [6, 6.07) is 3.33. The number of rotatable bonds is 4. The Kier molecular flexibility index (Phi) is 6.91. The van der Waals surface area contributed by atoms with E-state index in [1.807, 2.05) is 4.90 Å². The van der Waals surface area contributed by atoms with Gasteiger partial charge in [-0.3, -0.25) is 4.90 Å². The highest BCUT2D eigenvalue weighted by atomic mass is 19.4. The Morgan fingerprint density at radius 3 is 2.35 bits per heavy atom. The maximum absolute atomic E-state index is 13.3. The van der Waals surface area contributed by atoms with Crippen LogP contribution in [-0.2, 0) is 10.9 Å². The zero-order chi connectivity index (χ0) is 21.8. The van der Waals surface area contributed by atoms with Crippen LogP contribution in [0, 0.1) is 5.92 Å². The summed E-state index contributed by atoms with van der Waals surface area (Å²) < 4.78 is 45.2. The Hall–Kier alpha value is -2.00. The first-order chi connectivity index (χ1) is 14.9. The minimum Gasteiger partial charge on any atom is -0.379 e. The molecule has 0 aliphatic carbocycles. The topological polar surface area (TPSA) is 48.1 Å². The van der Waals surface area contributed by atoms with E-state index in [0.717, 1.165) is 83.8 Å². The van der Waals surface area contributed by atoms with Crippen LogP contribution in [0.1, 0.15) is 31.2 Å². The summed E-state index contributed by atoms with van der Waals surface area (Å²) in [5.41, 5.74) is 0.174. The molecule has 9 heteroatoms. The summed E-state index contributed by atoms with van der Waals surface area (Å²) in [6.07, 6.45) is -0.615. The molecular formula is C22H31F3N4O2. The molecule has 0 aromatic heterocycles. The number of nitrogens with zero attached hydrogens (tertiary/aromatic N) is 3. The van der Waals surface area contributed by atoms with Crippen molar-refractivity contribution in [1.82, 2.24) is 9.80 Å². The number of hydrogen-bond acceptors (Lipinski definition) is 4. The minimum atomic E-state index is -4.44. The highest BCUT2D eigenvalue weighted by molar-refractivity contribution is 5.93. The van der Waals surface area contributed by atoms with E-state index in [0.29, 0.717) is 24.7 Å². The number of hydrogen-bond donors (Lipinski definition) is 1. The van der Waals surface area contributed by atoms with E-state index in [2.05, 4.69) is 10.2 Å². The molecule has 172 valence electrons. The molecule has 3 aliphatic rings. The van der Waals surface area contributed by atoms with E-state index in [9.17, 15) is 18.0 Å². The number of alkyl halides is 3. The molecule has 3 aliphatic heterocycles. The lowest BCUT2D eigenvalue weighted by atomic mass is 9.96. The van der Waals surface area contributed by atoms with Gasteiger partial charge >= 0.3 is 12.2 Å². The van der Waals surface area contributed by atoms with Crippen molar-refractivity contribution in [2.24, 2.45) is 5.92 Å². The van der Waals surface area contributed by atoms with Crippen LogP contribution in [0.15, 0.2) is 18.2 Å². The number of carbonyl (C=O) groups is 1. The molecule has 2 amide bonds. The van der Waals surface area contributed by atoms with Crippen molar-refractivity contribution < 1.29 is 22.7 Å². The smallest absolute Gasteiger partial charge is 0.379 e. The van der Waals surface area contributed by atoms with Crippen LogP contribution < -0.4 is 10.2 Å². The first-order valence-electron chi connectivity index (χ1n) is 11.2. The molecule has 3 saturated heterocycles. The number of nitrogens with one attached hydrogen (secondary N) is 1. The quantitative estimate of drug-likeness (QED) is 0.772. The van der Waals surface area contributed by atoms with E-state index in [4.69, 9.17) is 4.74 Å². The highest BCUT2D eigenvalue weighted by Crippen LogP contribution is 2.36. The van der Waals surface area contributed by atoms with Gasteiger partial charge in [0, 0.05) is 45.8 Å². The van der Waals surface area contributed by atoms with Crippen LogP contribution in [0.25, 0.3) is 0 Å². The minimum absolute atomic E-state index is 0.247. The van der Waals surface area contributed by atoms with Crippen molar-refractivity contribution in [3.63, 3.8) is 0 Å². The molecule has 4 rings (SSSR count). The van der Waals surface area contributed by atoms with Gasteiger partial charge in [0.15, 0.2) is 0 Å². The Bertz CT molecular complexity index is 754. The van der Waals surface area contributed by atoms with Crippen molar-refractivity contribution in [3.05, 3.63) is 23.8 Å². The average Bonchev–Trinajstić information content (AvgIpc) is 3.29. The van der Waals surface area contributed by atoms with Gasteiger partial charge in [0.2, 0.25) is 0 Å². The zero-order valence-electron chi connectivity index (χ0n) is 17.8. The monoisotopic (exact) mass is 440 g/mol. The molecule has 0 unspecified atom stereocenters. The molecule has 1 aromatic carbocycles. The van der Waals surface area contributed by atoms with Gasteiger partial charge in [-0.1, -0.05) is 0 Å². The molecule has 0 bridgehead atoms. The van der Waals surface area contributed by atoms with Crippen molar-refractivity contribution in [1.29, 1.82) is 0 Å². The first-order valence-corrected chi connectivity index (χ1v) is 11.2. The highest BCUT2D eigenvalue weighted by Gasteiger charge is 2.32. The van der Waals surface area contributed by atoms with Gasteiger partial charge < -0.3 is 19.9 Å². The van der Waals surface area contributed by atoms with E-state index in [1.165, 1.54) is 6.07 Å². The lowest BCUT2D eigenvalue weighted by molar-refractivity contribution is -0.137. The Morgan fingerprint density at radius 2 is 1.71 bits per heavy atom. The van der Waals surface area contributed by atoms with Crippen LogP contribution in [-0.4, -0.2) is 74.9 Å². The van der Waals surface area contributed by atoms with Crippen LogP contribution >= 0.6 is 0 Å². The Balaban J connectivity index is 1.38. The van der Waals surface area contributed by atoms with Gasteiger partial charge in [0.25, 0.3) is 0 Å². The van der Waals surface area contributed by atoms with Gasteiger partial charge in [-0.2, -0.15) is 13.2 Å². The summed E-state index contributed by atoms with van der Waals surface area (Å²) >= 11 is 0. The van der Waals surface area contributed by atoms with E-state index in [1.54, 1.807) is 4.90 Å². The maximum atomic E-state index is 13.3. The van der Waals surface area contributed by atoms with Gasteiger partial charge in [-0.05, 0) is 49.8 Å². The molecule has 1 aromatic rings. The second kappa shape index (κ2) is 9.65. The molecule has 0 spiro atoms. The fraction of sp³-hybridized carbons (Fsp3) is 0.682. The number of benzene rings is 1. The third-order valence-corrected chi connectivity index (χ3v) is 6.53. The number of halogens is 3. The molecule has 0 atom stereocenters. The fourth-order valence-electron chi connectivity index (χ4n) is 4.71. The number of carbonyl (C=O) groups excluding carboxylic acids is 1. The predicted octanol–water partition coefficient (Wildman–Crippen LogP) is 3.88. The number of urea groups is 1. The van der Waals surface area contributed by atoms with E-state index < -0.39 is 11.7 Å². The summed E-state index contributed by atoms with van der Waals surface area (Å²) in [7, 11) is 0. The average molecular weight is 441 g/mol. The summed E-state index contributed by atoms with van der Waals surface area (Å²) in [6.45, 7) is 7.31. The SMILES string of the molecule is O=C(Nc1cc(C(F)(F)F)ccc1N1CCCC1)N1CCC(CN2CCOCC2)CC1. The van der Waals surface area contributed by atoms with E-state index >= 15 is 0 Å². The van der Waals surface area contributed by atoms with Crippen molar-refractivity contribution >= 4 is 17.4 Å². The van der Waals surface area contributed by atoms with E-state index in [-0.39, 0.29) is 11.7 Å². The summed E-state index contributed by atoms with van der Waals surface area (Å²) in [5.74, 6) is 0.538. The van der Waals surface area contributed by atoms with Crippen LogP contribution in [0.4, 0.5) is 29.3 Å². The van der Waals surface area contributed by atoms with Crippen LogP contribution in [0.3, 0.4) is 0 Å². The third kappa shape index (κ3) is 5.63. The lowest BCUT2D eigenvalue weighted by Gasteiger charge is -2.36. The fourth-order valence-corrected chi connectivity index (χ4v) is 4.71. The molecule has 0 saturated carbocycles. The summed E-state index contributed by atoms with van der Waals surface area (Å²) in [5, 5.41) is 2.78.